The summed E-state index contributed by atoms with van der Waals surface area (Å²) in [5.74, 6) is -0.0454. The number of ether oxygens (including phenoxy) is 1. The van der Waals surface area contributed by atoms with Gasteiger partial charge in [-0.05, 0) is 24.9 Å². The highest BCUT2D eigenvalue weighted by molar-refractivity contribution is 7.99. The van der Waals surface area contributed by atoms with Gasteiger partial charge >= 0.3 is 5.97 Å². The number of morpholine rings is 1. The summed E-state index contributed by atoms with van der Waals surface area (Å²) in [6, 6.07) is 5.56. The van der Waals surface area contributed by atoms with Crippen molar-refractivity contribution in [2.75, 3.05) is 44.4 Å². The van der Waals surface area contributed by atoms with E-state index in [2.05, 4.69) is 17.3 Å². The Morgan fingerprint density at radius 1 is 1.57 bits per heavy atom. The Hall–Kier alpha value is -1.24. The maximum atomic E-state index is 11.5. The Kier molecular flexibility index (Phi) is 5.90. The van der Waals surface area contributed by atoms with Gasteiger partial charge in [0, 0.05) is 30.2 Å². The molecule has 0 saturated carbocycles. The molecular weight excluding hydrogens is 288 g/mol. The first kappa shape index (κ1) is 16.1. The van der Waals surface area contributed by atoms with E-state index in [0.717, 1.165) is 30.3 Å². The summed E-state index contributed by atoms with van der Waals surface area (Å²) in [7, 11) is 2.07. The Labute approximate surface area is 129 Å². The molecule has 0 amide bonds. The highest BCUT2D eigenvalue weighted by Crippen LogP contribution is 2.28. The Balaban J connectivity index is 2.08. The minimum atomic E-state index is -0.893. The molecule has 1 aromatic rings. The summed E-state index contributed by atoms with van der Waals surface area (Å²) in [5.41, 5.74) is 1.02. The molecule has 0 bridgehead atoms. The SMILES string of the molecule is CCSc1cccc(NCC2CN(C)CCO2)c1C(=O)O. The van der Waals surface area contributed by atoms with E-state index in [4.69, 9.17) is 4.74 Å². The van der Waals surface area contributed by atoms with Crippen LogP contribution in [0.5, 0.6) is 0 Å². The summed E-state index contributed by atoms with van der Waals surface area (Å²) in [6.45, 7) is 5.16. The third-order valence-corrected chi connectivity index (χ3v) is 4.34. The zero-order valence-corrected chi connectivity index (χ0v) is 13.3. The van der Waals surface area contributed by atoms with Crippen molar-refractivity contribution in [3.8, 4) is 0 Å². The van der Waals surface area contributed by atoms with Crippen LogP contribution in [0.4, 0.5) is 5.69 Å². The molecule has 1 saturated heterocycles. The summed E-state index contributed by atoms with van der Waals surface area (Å²) in [4.78, 5) is 14.5. The predicted molar refractivity (Wildman–Crippen MR) is 85.5 cm³/mol. The van der Waals surface area contributed by atoms with E-state index in [9.17, 15) is 9.90 Å². The van der Waals surface area contributed by atoms with Crippen LogP contribution in [0.2, 0.25) is 0 Å². The zero-order valence-electron chi connectivity index (χ0n) is 12.5. The fraction of sp³-hybridized carbons (Fsp3) is 0.533. The fourth-order valence-electron chi connectivity index (χ4n) is 2.39. The first-order valence-corrected chi connectivity index (χ1v) is 8.13. The van der Waals surface area contributed by atoms with Crippen LogP contribution in [-0.2, 0) is 4.74 Å². The third kappa shape index (κ3) is 4.36. The molecular formula is C15H22N2O3S. The average molecular weight is 310 g/mol. The van der Waals surface area contributed by atoms with Crippen LogP contribution in [0, 0.1) is 0 Å². The number of thioether (sulfide) groups is 1. The van der Waals surface area contributed by atoms with Crippen molar-refractivity contribution in [2.24, 2.45) is 0 Å². The number of anilines is 1. The number of hydrogen-bond donors (Lipinski definition) is 2. The van der Waals surface area contributed by atoms with Crippen molar-refractivity contribution in [1.29, 1.82) is 0 Å². The molecule has 1 atom stereocenters. The maximum Gasteiger partial charge on any atom is 0.338 e. The lowest BCUT2D eigenvalue weighted by Gasteiger charge is -2.30. The summed E-state index contributed by atoms with van der Waals surface area (Å²) in [6.07, 6.45) is 0.0906. The van der Waals surface area contributed by atoms with Gasteiger partial charge in [0.25, 0.3) is 0 Å². The average Bonchev–Trinajstić information content (AvgIpc) is 2.45. The minimum absolute atomic E-state index is 0.0906. The molecule has 2 N–H and O–H groups in total. The van der Waals surface area contributed by atoms with Gasteiger partial charge in [0.05, 0.1) is 18.3 Å². The highest BCUT2D eigenvalue weighted by atomic mass is 32.2. The van der Waals surface area contributed by atoms with E-state index in [1.165, 1.54) is 0 Å². The largest absolute Gasteiger partial charge is 0.478 e. The normalized spacial score (nSPS) is 19.4. The van der Waals surface area contributed by atoms with E-state index >= 15 is 0 Å². The quantitative estimate of drug-likeness (QED) is 0.786. The molecule has 1 aliphatic rings. The number of carboxylic acid groups (broad SMARTS) is 1. The Morgan fingerprint density at radius 3 is 3.05 bits per heavy atom. The number of aromatic carboxylic acids is 1. The topological polar surface area (TPSA) is 61.8 Å². The lowest BCUT2D eigenvalue weighted by molar-refractivity contribution is -0.0117. The van der Waals surface area contributed by atoms with Crippen molar-refractivity contribution >= 4 is 23.4 Å². The van der Waals surface area contributed by atoms with Crippen LogP contribution in [0.15, 0.2) is 23.1 Å². The van der Waals surface area contributed by atoms with Gasteiger partial charge in [-0.25, -0.2) is 4.79 Å². The van der Waals surface area contributed by atoms with Crippen molar-refractivity contribution in [3.05, 3.63) is 23.8 Å². The second kappa shape index (κ2) is 7.68. The minimum Gasteiger partial charge on any atom is -0.478 e. The first-order chi connectivity index (χ1) is 10.1. The van der Waals surface area contributed by atoms with Gasteiger partial charge in [0.2, 0.25) is 0 Å². The van der Waals surface area contributed by atoms with Gasteiger partial charge in [0.1, 0.15) is 0 Å². The smallest absolute Gasteiger partial charge is 0.338 e. The van der Waals surface area contributed by atoms with Gasteiger partial charge in [-0.2, -0.15) is 0 Å². The van der Waals surface area contributed by atoms with E-state index in [-0.39, 0.29) is 6.10 Å². The summed E-state index contributed by atoms with van der Waals surface area (Å²) >= 11 is 1.55. The molecule has 1 aliphatic heterocycles. The second-order valence-corrected chi connectivity index (χ2v) is 6.36. The van der Waals surface area contributed by atoms with E-state index < -0.39 is 5.97 Å². The molecule has 1 fully saturated rings. The molecule has 6 heteroatoms. The van der Waals surface area contributed by atoms with Crippen molar-refractivity contribution in [2.45, 2.75) is 17.9 Å². The number of likely N-dealkylation sites (N-methyl/N-ethyl adjacent to an activating group) is 1. The summed E-state index contributed by atoms with van der Waals surface area (Å²) < 4.78 is 5.69. The molecule has 1 aromatic carbocycles. The van der Waals surface area contributed by atoms with Crippen molar-refractivity contribution in [1.82, 2.24) is 4.90 Å². The lowest BCUT2D eigenvalue weighted by atomic mass is 10.1. The molecule has 1 unspecified atom stereocenters. The second-order valence-electron chi connectivity index (χ2n) is 5.05. The predicted octanol–water partition coefficient (Wildman–Crippen LogP) is 2.24. The monoisotopic (exact) mass is 310 g/mol. The van der Waals surface area contributed by atoms with Crippen molar-refractivity contribution < 1.29 is 14.6 Å². The molecule has 21 heavy (non-hydrogen) atoms. The first-order valence-electron chi connectivity index (χ1n) is 7.15. The molecule has 116 valence electrons. The van der Waals surface area contributed by atoms with E-state index in [1.807, 2.05) is 25.1 Å². The van der Waals surface area contributed by atoms with Gasteiger partial charge < -0.3 is 20.1 Å². The Morgan fingerprint density at radius 2 is 2.38 bits per heavy atom. The number of benzene rings is 1. The van der Waals surface area contributed by atoms with Crippen LogP contribution in [-0.4, -0.2) is 61.1 Å². The lowest BCUT2D eigenvalue weighted by Crippen LogP contribution is -2.43. The molecule has 5 nitrogen and oxygen atoms in total. The maximum absolute atomic E-state index is 11.5. The molecule has 0 aromatic heterocycles. The molecule has 2 rings (SSSR count). The van der Waals surface area contributed by atoms with Crippen molar-refractivity contribution in [3.63, 3.8) is 0 Å². The number of carboxylic acids is 1. The number of rotatable bonds is 6. The molecule has 0 radical (unpaired) electrons. The van der Waals surface area contributed by atoms with E-state index in [1.54, 1.807) is 11.8 Å². The Bertz CT molecular complexity index is 496. The summed E-state index contributed by atoms with van der Waals surface area (Å²) in [5, 5.41) is 12.7. The molecule has 0 aliphatic carbocycles. The number of carbonyl (C=O) groups is 1. The third-order valence-electron chi connectivity index (χ3n) is 3.40. The molecule has 1 heterocycles. The van der Waals surface area contributed by atoms with Crippen LogP contribution >= 0.6 is 11.8 Å². The standard InChI is InChI=1S/C15H22N2O3S/c1-3-21-13-6-4-5-12(14(13)15(18)19)16-9-11-10-17(2)7-8-20-11/h4-6,11,16H,3,7-10H2,1-2H3,(H,18,19). The van der Waals surface area contributed by atoms with Crippen LogP contribution in [0.1, 0.15) is 17.3 Å². The van der Waals surface area contributed by atoms with Gasteiger partial charge in [-0.15, -0.1) is 11.8 Å². The molecule has 0 spiro atoms. The van der Waals surface area contributed by atoms with Crippen LogP contribution < -0.4 is 5.32 Å². The van der Waals surface area contributed by atoms with Gasteiger partial charge in [-0.1, -0.05) is 13.0 Å². The van der Waals surface area contributed by atoms with Crippen LogP contribution in [0.3, 0.4) is 0 Å². The number of nitrogens with one attached hydrogen (secondary N) is 1. The highest BCUT2D eigenvalue weighted by Gasteiger charge is 2.20. The van der Waals surface area contributed by atoms with Gasteiger partial charge in [0.15, 0.2) is 0 Å². The number of hydrogen-bond acceptors (Lipinski definition) is 5. The fourth-order valence-corrected chi connectivity index (χ4v) is 3.22. The number of nitrogens with zero attached hydrogens (tertiary/aromatic N) is 1. The van der Waals surface area contributed by atoms with E-state index in [0.29, 0.717) is 17.8 Å². The van der Waals surface area contributed by atoms with Gasteiger partial charge in [-0.3, -0.25) is 0 Å². The van der Waals surface area contributed by atoms with Crippen LogP contribution in [0.25, 0.3) is 0 Å². The zero-order chi connectivity index (χ0) is 15.2.